The van der Waals surface area contributed by atoms with Crippen molar-refractivity contribution in [2.45, 2.75) is 0 Å². The fourth-order valence-corrected chi connectivity index (χ4v) is 3.48. The van der Waals surface area contributed by atoms with Crippen LogP contribution >= 0.6 is 0 Å². The summed E-state index contributed by atoms with van der Waals surface area (Å²) in [4.78, 5) is 0. The molecule has 124 valence electrons. The standard InChI is InChI=1S/C24H18BF/c26-22-17-15-19(16-18-22)23-13-7-8-14-24(23)25(20-9-3-1-4-10-20)21-11-5-2-6-12-21/h1-18H. The van der Waals surface area contributed by atoms with Crippen molar-refractivity contribution in [3.8, 4) is 11.1 Å². The van der Waals surface area contributed by atoms with Gasteiger partial charge < -0.3 is 0 Å². The van der Waals surface area contributed by atoms with Crippen LogP contribution in [0.2, 0.25) is 0 Å². The maximum absolute atomic E-state index is 13.4. The fourth-order valence-electron chi connectivity index (χ4n) is 3.48. The Hall–Kier alpha value is -3.13. The summed E-state index contributed by atoms with van der Waals surface area (Å²) in [7, 11) is 0. The number of hydrogen-bond acceptors (Lipinski definition) is 0. The van der Waals surface area contributed by atoms with Crippen LogP contribution in [0.4, 0.5) is 4.39 Å². The Bertz CT molecular complexity index is 940. The van der Waals surface area contributed by atoms with Crippen LogP contribution in [0.3, 0.4) is 0 Å². The predicted molar refractivity (Wildman–Crippen MR) is 109 cm³/mol. The zero-order valence-corrected chi connectivity index (χ0v) is 14.3. The van der Waals surface area contributed by atoms with Crippen molar-refractivity contribution in [2.24, 2.45) is 0 Å². The van der Waals surface area contributed by atoms with Gasteiger partial charge in [0.05, 0.1) is 0 Å². The van der Waals surface area contributed by atoms with Crippen LogP contribution in [-0.2, 0) is 0 Å². The lowest BCUT2D eigenvalue weighted by Gasteiger charge is -2.19. The first-order valence-electron chi connectivity index (χ1n) is 8.78. The Morgan fingerprint density at radius 2 is 1.00 bits per heavy atom. The average Bonchev–Trinajstić information content (AvgIpc) is 2.71. The molecule has 0 saturated heterocycles. The summed E-state index contributed by atoms with van der Waals surface area (Å²) in [5.74, 6) is -0.214. The summed E-state index contributed by atoms with van der Waals surface area (Å²) in [5.41, 5.74) is 5.86. The van der Waals surface area contributed by atoms with E-state index in [0.29, 0.717) is 0 Å². The molecule has 0 amide bonds. The highest BCUT2D eigenvalue weighted by atomic mass is 19.1. The van der Waals surface area contributed by atoms with Gasteiger partial charge in [0.2, 0.25) is 6.71 Å². The largest absolute Gasteiger partial charge is 0.241 e. The van der Waals surface area contributed by atoms with Crippen LogP contribution in [0, 0.1) is 5.82 Å². The molecule has 2 heteroatoms. The van der Waals surface area contributed by atoms with Crippen LogP contribution in [0.15, 0.2) is 109 Å². The second-order valence-corrected chi connectivity index (χ2v) is 6.35. The van der Waals surface area contributed by atoms with E-state index < -0.39 is 0 Å². The van der Waals surface area contributed by atoms with E-state index in [0.717, 1.165) is 11.1 Å². The maximum atomic E-state index is 13.4. The van der Waals surface area contributed by atoms with E-state index in [9.17, 15) is 4.39 Å². The minimum absolute atomic E-state index is 0.124. The number of hydrogen-bond donors (Lipinski definition) is 0. The van der Waals surface area contributed by atoms with Crippen LogP contribution in [0.5, 0.6) is 0 Å². The highest BCUT2D eigenvalue weighted by molar-refractivity contribution is 6.96. The van der Waals surface area contributed by atoms with Gasteiger partial charge in [-0.15, -0.1) is 0 Å². The Balaban J connectivity index is 1.91. The molecule has 4 aromatic carbocycles. The molecule has 4 aromatic rings. The number of halogens is 1. The Morgan fingerprint density at radius 3 is 1.58 bits per heavy atom. The zero-order valence-electron chi connectivity index (χ0n) is 14.3. The van der Waals surface area contributed by atoms with Gasteiger partial charge in [0.15, 0.2) is 0 Å². The molecular weight excluding hydrogens is 318 g/mol. The van der Waals surface area contributed by atoms with E-state index in [1.54, 1.807) is 0 Å². The van der Waals surface area contributed by atoms with Crippen molar-refractivity contribution >= 4 is 23.1 Å². The summed E-state index contributed by atoms with van der Waals surface area (Å²) < 4.78 is 13.4. The van der Waals surface area contributed by atoms with Crippen LogP contribution in [0.1, 0.15) is 0 Å². The number of rotatable bonds is 4. The minimum atomic E-state index is -0.214. The van der Waals surface area contributed by atoms with E-state index in [2.05, 4.69) is 66.7 Å². The molecule has 0 spiro atoms. The van der Waals surface area contributed by atoms with Gasteiger partial charge in [-0.05, 0) is 23.3 Å². The van der Waals surface area contributed by atoms with Gasteiger partial charge in [0.25, 0.3) is 0 Å². The molecule has 0 aliphatic heterocycles. The fraction of sp³-hybridized carbons (Fsp3) is 0. The molecule has 0 radical (unpaired) electrons. The normalized spacial score (nSPS) is 10.5. The lowest BCUT2D eigenvalue weighted by molar-refractivity contribution is 0.628. The molecule has 0 unspecified atom stereocenters. The van der Waals surface area contributed by atoms with Crippen LogP contribution < -0.4 is 16.4 Å². The topological polar surface area (TPSA) is 0 Å². The predicted octanol–water partition coefficient (Wildman–Crippen LogP) is 4.01. The molecule has 0 N–H and O–H groups in total. The highest BCUT2D eigenvalue weighted by Gasteiger charge is 2.24. The maximum Gasteiger partial charge on any atom is 0.241 e. The molecule has 0 aliphatic rings. The smallest absolute Gasteiger partial charge is 0.207 e. The molecule has 0 saturated carbocycles. The summed E-state index contributed by atoms with van der Waals surface area (Å²) in [5, 5.41) is 0. The van der Waals surface area contributed by atoms with Crippen molar-refractivity contribution in [1.82, 2.24) is 0 Å². The molecule has 26 heavy (non-hydrogen) atoms. The van der Waals surface area contributed by atoms with Crippen molar-refractivity contribution < 1.29 is 4.39 Å². The molecule has 0 fully saturated rings. The SMILES string of the molecule is Fc1ccc(-c2ccccc2B(c2ccccc2)c2ccccc2)cc1. The summed E-state index contributed by atoms with van der Waals surface area (Å²) in [6.07, 6.45) is 0. The third-order valence-corrected chi connectivity index (χ3v) is 4.69. The van der Waals surface area contributed by atoms with E-state index in [-0.39, 0.29) is 12.5 Å². The third kappa shape index (κ3) is 3.31. The lowest BCUT2D eigenvalue weighted by atomic mass is 9.36. The Labute approximate surface area is 154 Å². The summed E-state index contributed by atoms with van der Waals surface area (Å²) in [6.45, 7) is 0.124. The van der Waals surface area contributed by atoms with Crippen molar-refractivity contribution in [3.05, 3.63) is 115 Å². The molecule has 0 aromatic heterocycles. The molecule has 0 heterocycles. The first-order chi connectivity index (χ1) is 12.8. The molecule has 4 rings (SSSR count). The van der Waals surface area contributed by atoms with Gasteiger partial charge in [-0.1, -0.05) is 113 Å². The average molecular weight is 336 g/mol. The van der Waals surface area contributed by atoms with Gasteiger partial charge in [0, 0.05) is 0 Å². The van der Waals surface area contributed by atoms with Crippen molar-refractivity contribution in [3.63, 3.8) is 0 Å². The summed E-state index contributed by atoms with van der Waals surface area (Å²) >= 11 is 0. The number of benzene rings is 4. The van der Waals surface area contributed by atoms with Gasteiger partial charge in [-0.2, -0.15) is 0 Å². The van der Waals surface area contributed by atoms with E-state index in [1.807, 2.05) is 30.3 Å². The zero-order chi connectivity index (χ0) is 17.8. The first-order valence-corrected chi connectivity index (χ1v) is 8.78. The lowest BCUT2D eigenvalue weighted by Crippen LogP contribution is -2.52. The molecule has 0 nitrogen and oxygen atoms in total. The second kappa shape index (κ2) is 7.41. The van der Waals surface area contributed by atoms with Gasteiger partial charge in [-0.3, -0.25) is 0 Å². The first kappa shape index (κ1) is 16.3. The Morgan fingerprint density at radius 1 is 0.500 bits per heavy atom. The quantitative estimate of drug-likeness (QED) is 0.494. The molecule has 0 aliphatic carbocycles. The van der Waals surface area contributed by atoms with Crippen LogP contribution in [0.25, 0.3) is 11.1 Å². The van der Waals surface area contributed by atoms with E-state index >= 15 is 0 Å². The highest BCUT2D eigenvalue weighted by Crippen LogP contribution is 2.18. The van der Waals surface area contributed by atoms with Crippen molar-refractivity contribution in [2.75, 3.05) is 0 Å². The van der Waals surface area contributed by atoms with Crippen LogP contribution in [-0.4, -0.2) is 6.71 Å². The van der Waals surface area contributed by atoms with E-state index in [1.165, 1.54) is 28.5 Å². The third-order valence-electron chi connectivity index (χ3n) is 4.69. The van der Waals surface area contributed by atoms with Gasteiger partial charge >= 0.3 is 0 Å². The minimum Gasteiger partial charge on any atom is -0.207 e. The second-order valence-electron chi connectivity index (χ2n) is 6.35. The van der Waals surface area contributed by atoms with Gasteiger partial charge in [-0.25, -0.2) is 4.39 Å². The van der Waals surface area contributed by atoms with Gasteiger partial charge in [0.1, 0.15) is 5.82 Å². The Kier molecular flexibility index (Phi) is 4.66. The molecule has 0 bridgehead atoms. The molecular formula is C24H18BF. The molecule has 0 atom stereocenters. The summed E-state index contributed by atoms with van der Waals surface area (Å²) in [6, 6.07) is 36.2. The van der Waals surface area contributed by atoms with E-state index in [4.69, 9.17) is 0 Å². The monoisotopic (exact) mass is 336 g/mol. The van der Waals surface area contributed by atoms with Crippen molar-refractivity contribution in [1.29, 1.82) is 0 Å².